The van der Waals surface area contributed by atoms with Gasteiger partial charge < -0.3 is 4.74 Å². The molecule has 5 heteroatoms. The Labute approximate surface area is 115 Å². The average Bonchev–Trinajstić information content (AvgIpc) is 2.84. The van der Waals surface area contributed by atoms with Gasteiger partial charge in [-0.15, -0.1) is 0 Å². The summed E-state index contributed by atoms with van der Waals surface area (Å²) >= 11 is 0. The number of aromatic nitrogens is 2. The smallest absolute Gasteiger partial charge is 0.211 e. The maximum absolute atomic E-state index is 12.3. The molecule has 3 rings (SSSR count). The molecule has 1 heterocycles. The van der Waals surface area contributed by atoms with Crippen LogP contribution < -0.4 is 4.74 Å². The summed E-state index contributed by atoms with van der Waals surface area (Å²) < 4.78 is 5.11. The van der Waals surface area contributed by atoms with E-state index in [2.05, 4.69) is 9.97 Å². The Kier molecular flexibility index (Phi) is 3.02. The number of ketones is 2. The maximum atomic E-state index is 12.3. The molecule has 0 amide bonds. The van der Waals surface area contributed by atoms with Crippen LogP contribution >= 0.6 is 0 Å². The predicted molar refractivity (Wildman–Crippen MR) is 70.9 cm³/mol. The molecule has 1 unspecified atom stereocenters. The van der Waals surface area contributed by atoms with Crippen LogP contribution in [0.15, 0.2) is 36.7 Å². The molecule has 0 radical (unpaired) electrons. The number of ether oxygens (including phenoxy) is 1. The van der Waals surface area contributed by atoms with Crippen LogP contribution in [0.3, 0.4) is 0 Å². The number of nitrogens with zero attached hydrogens (tertiary/aromatic N) is 2. The number of benzene rings is 1. The Bertz CT molecular complexity index is 683. The maximum Gasteiger partial charge on any atom is 0.211 e. The van der Waals surface area contributed by atoms with E-state index in [1.54, 1.807) is 25.3 Å². The van der Waals surface area contributed by atoms with Crippen molar-refractivity contribution in [1.29, 1.82) is 0 Å². The molecule has 1 aliphatic rings. The topological polar surface area (TPSA) is 69.2 Å². The number of methoxy groups -OCH3 is 1. The highest BCUT2D eigenvalue weighted by atomic mass is 16.5. The fraction of sp³-hybridized carbons (Fsp3) is 0.200. The molecule has 1 aliphatic carbocycles. The molecule has 2 aromatic rings. The fourth-order valence-electron chi connectivity index (χ4n) is 2.38. The first-order valence-corrected chi connectivity index (χ1v) is 6.23. The van der Waals surface area contributed by atoms with Crippen molar-refractivity contribution in [3.8, 4) is 5.75 Å². The molecule has 1 atom stereocenters. The van der Waals surface area contributed by atoms with Gasteiger partial charge in [0.25, 0.3) is 0 Å². The number of carbonyl (C=O) groups is 2. The zero-order chi connectivity index (χ0) is 14.1. The Balaban J connectivity index is 1.92. The molecule has 0 spiro atoms. The highest BCUT2D eigenvalue weighted by molar-refractivity contribution is 6.17. The van der Waals surface area contributed by atoms with Gasteiger partial charge in [0.2, 0.25) is 5.78 Å². The van der Waals surface area contributed by atoms with Gasteiger partial charge in [-0.1, -0.05) is 6.07 Å². The van der Waals surface area contributed by atoms with E-state index in [0.717, 1.165) is 5.56 Å². The van der Waals surface area contributed by atoms with E-state index >= 15 is 0 Å². The van der Waals surface area contributed by atoms with Gasteiger partial charge in [-0.2, -0.15) is 0 Å². The Morgan fingerprint density at radius 3 is 2.75 bits per heavy atom. The summed E-state index contributed by atoms with van der Waals surface area (Å²) in [5.41, 5.74) is 1.42. The van der Waals surface area contributed by atoms with Crippen LogP contribution in [0.5, 0.6) is 5.75 Å². The van der Waals surface area contributed by atoms with Crippen molar-refractivity contribution in [3.63, 3.8) is 0 Å². The second-order valence-electron chi connectivity index (χ2n) is 4.58. The molecular weight excluding hydrogens is 256 g/mol. The van der Waals surface area contributed by atoms with E-state index in [1.165, 1.54) is 12.4 Å². The minimum atomic E-state index is -0.723. The first-order valence-electron chi connectivity index (χ1n) is 6.23. The van der Waals surface area contributed by atoms with Gasteiger partial charge in [0.15, 0.2) is 11.6 Å². The van der Waals surface area contributed by atoms with Crippen molar-refractivity contribution in [2.24, 2.45) is 5.92 Å². The van der Waals surface area contributed by atoms with Crippen LogP contribution in [0.1, 0.15) is 26.5 Å². The molecule has 1 aromatic heterocycles. The molecule has 0 saturated heterocycles. The zero-order valence-electron chi connectivity index (χ0n) is 10.9. The summed E-state index contributed by atoms with van der Waals surface area (Å²) in [4.78, 5) is 32.5. The van der Waals surface area contributed by atoms with E-state index in [4.69, 9.17) is 4.74 Å². The Morgan fingerprint density at radius 2 is 2.05 bits per heavy atom. The van der Waals surface area contributed by atoms with Crippen LogP contribution in [0.25, 0.3) is 0 Å². The van der Waals surface area contributed by atoms with Gasteiger partial charge in [0.1, 0.15) is 5.75 Å². The minimum Gasteiger partial charge on any atom is -0.497 e. The molecule has 0 N–H and O–H groups in total. The average molecular weight is 268 g/mol. The molecule has 0 saturated carbocycles. The molecule has 20 heavy (non-hydrogen) atoms. The quantitative estimate of drug-likeness (QED) is 0.626. The minimum absolute atomic E-state index is 0.0885. The Hall–Kier alpha value is -2.56. The molecular formula is C15H12N2O3. The Morgan fingerprint density at radius 1 is 1.30 bits per heavy atom. The molecule has 0 bridgehead atoms. The number of carbonyl (C=O) groups excluding carboxylic acids is 2. The first-order chi connectivity index (χ1) is 9.70. The molecule has 0 fully saturated rings. The third-order valence-electron chi connectivity index (χ3n) is 3.43. The van der Waals surface area contributed by atoms with Crippen molar-refractivity contribution in [2.75, 3.05) is 7.11 Å². The van der Waals surface area contributed by atoms with Crippen LogP contribution in [-0.2, 0) is 6.42 Å². The van der Waals surface area contributed by atoms with Crippen molar-refractivity contribution in [1.82, 2.24) is 9.97 Å². The number of Topliss-reactive ketones (excluding diaryl/α,β-unsaturated/α-hetero) is 2. The number of fused-ring (bicyclic) bond motifs is 1. The van der Waals surface area contributed by atoms with Gasteiger partial charge in [-0.25, -0.2) is 9.97 Å². The summed E-state index contributed by atoms with van der Waals surface area (Å²) in [7, 11) is 1.54. The van der Waals surface area contributed by atoms with Crippen molar-refractivity contribution in [3.05, 3.63) is 53.6 Å². The van der Waals surface area contributed by atoms with E-state index < -0.39 is 5.92 Å². The third kappa shape index (κ3) is 1.97. The monoisotopic (exact) mass is 268 g/mol. The summed E-state index contributed by atoms with van der Waals surface area (Å²) in [6, 6.07) is 6.92. The lowest BCUT2D eigenvalue weighted by Gasteiger charge is -2.04. The van der Waals surface area contributed by atoms with E-state index in [1.807, 2.05) is 6.07 Å². The number of hydrogen-bond acceptors (Lipinski definition) is 5. The zero-order valence-corrected chi connectivity index (χ0v) is 10.9. The van der Waals surface area contributed by atoms with Crippen LogP contribution in [0.4, 0.5) is 0 Å². The summed E-state index contributed by atoms with van der Waals surface area (Å²) in [6.45, 7) is 0. The third-order valence-corrected chi connectivity index (χ3v) is 3.43. The van der Waals surface area contributed by atoms with E-state index in [9.17, 15) is 9.59 Å². The second kappa shape index (κ2) is 4.85. The lowest BCUT2D eigenvalue weighted by Crippen LogP contribution is -2.22. The van der Waals surface area contributed by atoms with Crippen molar-refractivity contribution < 1.29 is 14.3 Å². The fourth-order valence-corrected chi connectivity index (χ4v) is 2.38. The highest BCUT2D eigenvalue weighted by Gasteiger charge is 2.37. The lowest BCUT2D eigenvalue weighted by atomic mass is 9.99. The highest BCUT2D eigenvalue weighted by Crippen LogP contribution is 2.31. The summed E-state index contributed by atoms with van der Waals surface area (Å²) in [5, 5.41) is 0. The van der Waals surface area contributed by atoms with Gasteiger partial charge >= 0.3 is 0 Å². The number of hydrogen-bond donors (Lipinski definition) is 0. The van der Waals surface area contributed by atoms with Crippen LogP contribution in [-0.4, -0.2) is 28.6 Å². The first kappa shape index (κ1) is 12.5. The van der Waals surface area contributed by atoms with Crippen LogP contribution in [0.2, 0.25) is 0 Å². The van der Waals surface area contributed by atoms with Crippen molar-refractivity contribution >= 4 is 11.6 Å². The SMILES string of the molecule is COc1ccc2c(c1)C(=O)C(C(=O)c1ncccn1)C2. The standard InChI is InChI=1S/C15H12N2O3/c1-20-10-4-3-9-7-12(13(18)11(9)8-10)14(19)15-16-5-2-6-17-15/h2-6,8,12H,7H2,1H3. The molecule has 100 valence electrons. The molecule has 5 nitrogen and oxygen atoms in total. The predicted octanol–water partition coefficient (Wildman–Crippen LogP) is 1.72. The van der Waals surface area contributed by atoms with E-state index in [0.29, 0.717) is 17.7 Å². The van der Waals surface area contributed by atoms with Gasteiger partial charge in [0.05, 0.1) is 13.0 Å². The molecule has 0 aliphatic heterocycles. The van der Waals surface area contributed by atoms with E-state index in [-0.39, 0.29) is 17.4 Å². The van der Waals surface area contributed by atoms with Crippen LogP contribution in [0, 0.1) is 5.92 Å². The van der Waals surface area contributed by atoms with Gasteiger partial charge in [-0.3, -0.25) is 9.59 Å². The summed E-state index contributed by atoms with van der Waals surface area (Å²) in [5.74, 6) is -0.534. The molecule has 1 aromatic carbocycles. The van der Waals surface area contributed by atoms with Crippen molar-refractivity contribution in [2.45, 2.75) is 6.42 Å². The second-order valence-corrected chi connectivity index (χ2v) is 4.58. The normalized spacial score (nSPS) is 16.9. The summed E-state index contributed by atoms with van der Waals surface area (Å²) in [6.07, 6.45) is 3.39. The largest absolute Gasteiger partial charge is 0.497 e. The van der Waals surface area contributed by atoms with Gasteiger partial charge in [0, 0.05) is 18.0 Å². The number of rotatable bonds is 3. The lowest BCUT2D eigenvalue weighted by molar-refractivity contribution is 0.0815. The van der Waals surface area contributed by atoms with Gasteiger partial charge in [-0.05, 0) is 30.2 Å².